The van der Waals surface area contributed by atoms with E-state index in [0.29, 0.717) is 11.5 Å². The van der Waals surface area contributed by atoms with Gasteiger partial charge in [0.1, 0.15) is 0 Å². The molecule has 0 aromatic rings. The van der Waals surface area contributed by atoms with Crippen molar-refractivity contribution in [1.82, 2.24) is 0 Å². The van der Waals surface area contributed by atoms with E-state index in [1.807, 2.05) is 0 Å². The maximum absolute atomic E-state index is 6.25. The standard InChI is InChI=1S/C13H22O/c1-10-6-5-8-12(3,4)13(10)9-7-11(2)14-13/h6,11H,5,7-9H2,1-4H3/t11-,13?/m1/s1. The van der Waals surface area contributed by atoms with Gasteiger partial charge in [-0.3, -0.25) is 0 Å². The zero-order chi connectivity index (χ0) is 10.4. The van der Waals surface area contributed by atoms with E-state index in [1.54, 1.807) is 0 Å². The van der Waals surface area contributed by atoms with Gasteiger partial charge in [0.25, 0.3) is 0 Å². The average Bonchev–Trinajstić information content (AvgIpc) is 2.46. The Balaban J connectivity index is 2.37. The maximum Gasteiger partial charge on any atom is 0.0944 e. The van der Waals surface area contributed by atoms with Gasteiger partial charge < -0.3 is 4.74 Å². The minimum atomic E-state index is 0.0602. The molecule has 14 heavy (non-hydrogen) atoms. The lowest BCUT2D eigenvalue weighted by Crippen LogP contribution is -2.47. The molecule has 0 saturated carbocycles. The molecule has 0 N–H and O–H groups in total. The Kier molecular flexibility index (Phi) is 2.26. The summed E-state index contributed by atoms with van der Waals surface area (Å²) in [5.74, 6) is 0. The van der Waals surface area contributed by atoms with E-state index < -0.39 is 0 Å². The van der Waals surface area contributed by atoms with Crippen LogP contribution in [0.3, 0.4) is 0 Å². The molecule has 1 heteroatoms. The molecule has 1 nitrogen and oxygen atoms in total. The fraction of sp³-hybridized carbons (Fsp3) is 0.846. The van der Waals surface area contributed by atoms with Crippen LogP contribution in [0.1, 0.15) is 53.4 Å². The second-order valence-electron chi connectivity index (χ2n) is 5.60. The Morgan fingerprint density at radius 2 is 2.07 bits per heavy atom. The lowest BCUT2D eigenvalue weighted by molar-refractivity contribution is -0.0912. The van der Waals surface area contributed by atoms with Gasteiger partial charge in [0.2, 0.25) is 0 Å². The molecule has 1 aliphatic heterocycles. The van der Waals surface area contributed by atoms with Crippen LogP contribution in [0.15, 0.2) is 11.6 Å². The number of allylic oxidation sites excluding steroid dienone is 1. The van der Waals surface area contributed by atoms with Gasteiger partial charge in [-0.25, -0.2) is 0 Å². The van der Waals surface area contributed by atoms with Crippen LogP contribution in [-0.4, -0.2) is 11.7 Å². The summed E-state index contributed by atoms with van der Waals surface area (Å²) in [6.45, 7) is 9.18. The summed E-state index contributed by atoms with van der Waals surface area (Å²) in [5.41, 5.74) is 1.85. The predicted molar refractivity (Wildman–Crippen MR) is 59.3 cm³/mol. The van der Waals surface area contributed by atoms with E-state index in [0.717, 1.165) is 0 Å². The quantitative estimate of drug-likeness (QED) is 0.534. The summed E-state index contributed by atoms with van der Waals surface area (Å²) in [4.78, 5) is 0. The fourth-order valence-electron chi connectivity index (χ4n) is 3.21. The normalized spacial score (nSPS) is 41.4. The lowest BCUT2D eigenvalue weighted by atomic mass is 9.64. The molecule has 1 fully saturated rings. The lowest BCUT2D eigenvalue weighted by Gasteiger charge is -2.47. The van der Waals surface area contributed by atoms with Crippen LogP contribution < -0.4 is 0 Å². The van der Waals surface area contributed by atoms with E-state index in [9.17, 15) is 0 Å². The average molecular weight is 194 g/mol. The Bertz CT molecular complexity index is 264. The molecular formula is C13H22O. The van der Waals surface area contributed by atoms with Crippen LogP contribution in [-0.2, 0) is 4.74 Å². The van der Waals surface area contributed by atoms with E-state index in [1.165, 1.54) is 31.3 Å². The highest BCUT2D eigenvalue weighted by Crippen LogP contribution is 2.53. The minimum absolute atomic E-state index is 0.0602. The molecule has 1 heterocycles. The molecule has 0 aromatic heterocycles. The molecule has 0 radical (unpaired) electrons. The highest BCUT2D eigenvalue weighted by molar-refractivity contribution is 5.25. The fourth-order valence-corrected chi connectivity index (χ4v) is 3.21. The van der Waals surface area contributed by atoms with E-state index in [4.69, 9.17) is 4.74 Å². The van der Waals surface area contributed by atoms with Crippen LogP contribution in [0, 0.1) is 5.41 Å². The molecule has 2 rings (SSSR count). The summed E-state index contributed by atoms with van der Waals surface area (Å²) >= 11 is 0. The second kappa shape index (κ2) is 3.10. The first-order chi connectivity index (χ1) is 6.48. The molecule has 1 spiro atoms. The van der Waals surface area contributed by atoms with Gasteiger partial charge in [-0.15, -0.1) is 0 Å². The third-order valence-corrected chi connectivity index (χ3v) is 4.26. The zero-order valence-corrected chi connectivity index (χ0v) is 9.89. The van der Waals surface area contributed by atoms with Crippen molar-refractivity contribution in [2.24, 2.45) is 5.41 Å². The molecule has 2 aliphatic rings. The minimum Gasteiger partial charge on any atom is -0.367 e. The third-order valence-electron chi connectivity index (χ3n) is 4.26. The van der Waals surface area contributed by atoms with Gasteiger partial charge in [0, 0.05) is 0 Å². The van der Waals surface area contributed by atoms with Crippen molar-refractivity contribution < 1.29 is 4.74 Å². The van der Waals surface area contributed by atoms with E-state index in [2.05, 4.69) is 33.8 Å². The number of rotatable bonds is 0. The van der Waals surface area contributed by atoms with Crippen molar-refractivity contribution in [2.45, 2.75) is 65.1 Å². The zero-order valence-electron chi connectivity index (χ0n) is 9.89. The molecule has 1 saturated heterocycles. The molecule has 1 aliphatic carbocycles. The van der Waals surface area contributed by atoms with Crippen molar-refractivity contribution >= 4 is 0 Å². The molecule has 0 aromatic carbocycles. The van der Waals surface area contributed by atoms with Crippen molar-refractivity contribution in [3.8, 4) is 0 Å². The summed E-state index contributed by atoms with van der Waals surface area (Å²) in [7, 11) is 0. The van der Waals surface area contributed by atoms with Gasteiger partial charge in [0.05, 0.1) is 11.7 Å². The second-order valence-corrected chi connectivity index (χ2v) is 5.60. The predicted octanol–water partition coefficient (Wildman–Crippen LogP) is 3.69. The molecule has 1 unspecified atom stereocenters. The first kappa shape index (κ1) is 10.2. The van der Waals surface area contributed by atoms with Gasteiger partial charge in [-0.1, -0.05) is 19.9 Å². The summed E-state index contributed by atoms with van der Waals surface area (Å²) < 4.78 is 6.25. The monoisotopic (exact) mass is 194 g/mol. The molecule has 0 bridgehead atoms. The number of hydrogen-bond acceptors (Lipinski definition) is 1. The topological polar surface area (TPSA) is 9.23 Å². The van der Waals surface area contributed by atoms with Crippen LogP contribution in [0.4, 0.5) is 0 Å². The van der Waals surface area contributed by atoms with Crippen molar-refractivity contribution in [3.63, 3.8) is 0 Å². The van der Waals surface area contributed by atoms with Gasteiger partial charge in [-0.05, 0) is 50.5 Å². The van der Waals surface area contributed by atoms with Crippen molar-refractivity contribution in [3.05, 3.63) is 11.6 Å². The number of ether oxygens (including phenoxy) is 1. The summed E-state index contributed by atoms with van der Waals surface area (Å²) in [5, 5.41) is 0. The maximum atomic E-state index is 6.25. The van der Waals surface area contributed by atoms with Crippen LogP contribution in [0.2, 0.25) is 0 Å². The summed E-state index contributed by atoms with van der Waals surface area (Å²) in [6.07, 6.45) is 7.73. The van der Waals surface area contributed by atoms with Crippen LogP contribution in [0.25, 0.3) is 0 Å². The van der Waals surface area contributed by atoms with Crippen LogP contribution >= 0.6 is 0 Å². The first-order valence-electron chi connectivity index (χ1n) is 5.83. The Labute approximate surface area is 87.5 Å². The van der Waals surface area contributed by atoms with Crippen molar-refractivity contribution in [2.75, 3.05) is 0 Å². The Morgan fingerprint density at radius 3 is 2.57 bits per heavy atom. The summed E-state index contributed by atoms with van der Waals surface area (Å²) in [6, 6.07) is 0. The van der Waals surface area contributed by atoms with Crippen molar-refractivity contribution in [1.29, 1.82) is 0 Å². The molecule has 0 amide bonds. The van der Waals surface area contributed by atoms with Gasteiger partial charge in [0.15, 0.2) is 0 Å². The number of hydrogen-bond donors (Lipinski definition) is 0. The largest absolute Gasteiger partial charge is 0.367 e. The molecule has 2 atom stereocenters. The Hall–Kier alpha value is -0.300. The van der Waals surface area contributed by atoms with E-state index >= 15 is 0 Å². The van der Waals surface area contributed by atoms with E-state index in [-0.39, 0.29) is 5.60 Å². The Morgan fingerprint density at radius 1 is 1.36 bits per heavy atom. The van der Waals surface area contributed by atoms with Gasteiger partial charge in [-0.2, -0.15) is 0 Å². The molecular weight excluding hydrogens is 172 g/mol. The first-order valence-corrected chi connectivity index (χ1v) is 5.83. The van der Waals surface area contributed by atoms with Crippen LogP contribution in [0.5, 0.6) is 0 Å². The SMILES string of the molecule is CC1=CCCC(C)(C)C12CC[C@@H](C)O2. The highest BCUT2D eigenvalue weighted by Gasteiger charge is 2.52. The highest BCUT2D eigenvalue weighted by atomic mass is 16.5. The molecule has 80 valence electrons. The smallest absolute Gasteiger partial charge is 0.0944 e. The third kappa shape index (κ3) is 1.25. The van der Waals surface area contributed by atoms with Gasteiger partial charge >= 0.3 is 0 Å².